The van der Waals surface area contributed by atoms with Crippen molar-refractivity contribution in [3.05, 3.63) is 99.8 Å². The lowest BCUT2D eigenvalue weighted by molar-refractivity contribution is 0.191. The number of anilines is 1. The van der Waals surface area contributed by atoms with Crippen LogP contribution in [0.4, 0.5) is 5.69 Å². The molecule has 2 N–H and O–H groups in total. The van der Waals surface area contributed by atoms with Crippen molar-refractivity contribution in [2.45, 2.75) is 32.3 Å². The molecule has 0 saturated carbocycles. The first-order valence-electron chi connectivity index (χ1n) is 12.0. The van der Waals surface area contributed by atoms with E-state index in [1.165, 1.54) is 20.1 Å². The molecule has 0 saturated heterocycles. The zero-order chi connectivity index (χ0) is 23.6. The summed E-state index contributed by atoms with van der Waals surface area (Å²) < 4.78 is 7.55. The van der Waals surface area contributed by atoms with Crippen LogP contribution in [0.1, 0.15) is 36.5 Å². The fraction of sp³-hybridized carbons (Fsp3) is 0.276. The van der Waals surface area contributed by atoms with Crippen LogP contribution in [0.25, 0.3) is 10.9 Å². The summed E-state index contributed by atoms with van der Waals surface area (Å²) in [4.78, 5) is 4.48. The van der Waals surface area contributed by atoms with Crippen molar-refractivity contribution in [3.63, 3.8) is 0 Å². The lowest BCUT2D eigenvalue weighted by Crippen LogP contribution is -2.20. The standard InChI is InChI=1S/C29H32IN3O/c1-22-10-13-25(14-11-22)34-29(23-7-3-2-4-8-23)9-5-17-31-18-6-19-32-27-16-20-33-28-21-24(30)12-15-26(27)28/h2-4,7-8,10-16,20-21,29,31H,5-6,9,17-19H2,1H3,(H,32,33). The summed E-state index contributed by atoms with van der Waals surface area (Å²) in [5.74, 6) is 0.928. The van der Waals surface area contributed by atoms with Gasteiger partial charge in [0, 0.05) is 27.4 Å². The fourth-order valence-corrected chi connectivity index (χ4v) is 4.47. The highest BCUT2D eigenvalue weighted by Crippen LogP contribution is 2.26. The number of hydrogen-bond acceptors (Lipinski definition) is 4. The number of pyridine rings is 1. The van der Waals surface area contributed by atoms with Crippen LogP contribution >= 0.6 is 22.6 Å². The molecular weight excluding hydrogens is 533 g/mol. The second-order valence-electron chi connectivity index (χ2n) is 8.52. The molecule has 0 aliphatic rings. The zero-order valence-electron chi connectivity index (χ0n) is 19.6. The third kappa shape index (κ3) is 7.18. The Balaban J connectivity index is 1.19. The summed E-state index contributed by atoms with van der Waals surface area (Å²) in [6, 6.07) is 27.3. The van der Waals surface area contributed by atoms with Crippen molar-refractivity contribution >= 4 is 39.2 Å². The van der Waals surface area contributed by atoms with E-state index in [0.29, 0.717) is 0 Å². The Kier molecular flexibility index (Phi) is 9.16. The lowest BCUT2D eigenvalue weighted by Gasteiger charge is -2.20. The van der Waals surface area contributed by atoms with E-state index >= 15 is 0 Å². The van der Waals surface area contributed by atoms with Gasteiger partial charge in [0.05, 0.1) is 5.52 Å². The molecule has 1 heterocycles. The van der Waals surface area contributed by atoms with Crippen LogP contribution in [-0.2, 0) is 0 Å². The van der Waals surface area contributed by atoms with Gasteiger partial charge in [0.15, 0.2) is 0 Å². The second-order valence-corrected chi connectivity index (χ2v) is 9.77. The van der Waals surface area contributed by atoms with Crippen LogP contribution in [0.2, 0.25) is 0 Å². The maximum Gasteiger partial charge on any atom is 0.124 e. The average Bonchev–Trinajstić information content (AvgIpc) is 2.86. The van der Waals surface area contributed by atoms with Crippen molar-refractivity contribution in [3.8, 4) is 5.75 Å². The Morgan fingerprint density at radius 3 is 2.50 bits per heavy atom. The minimum Gasteiger partial charge on any atom is -0.486 e. The molecule has 4 nitrogen and oxygen atoms in total. The van der Waals surface area contributed by atoms with Gasteiger partial charge >= 0.3 is 0 Å². The number of aryl methyl sites for hydroxylation is 1. The van der Waals surface area contributed by atoms with E-state index in [1.54, 1.807) is 0 Å². The molecule has 0 amide bonds. The van der Waals surface area contributed by atoms with Gasteiger partial charge in [-0.25, -0.2) is 0 Å². The average molecular weight is 565 g/mol. The number of fused-ring (bicyclic) bond motifs is 1. The van der Waals surface area contributed by atoms with E-state index in [1.807, 2.05) is 6.20 Å². The molecule has 5 heteroatoms. The lowest BCUT2D eigenvalue weighted by atomic mass is 10.0. The molecule has 1 unspecified atom stereocenters. The van der Waals surface area contributed by atoms with Crippen molar-refractivity contribution in [2.75, 3.05) is 25.0 Å². The van der Waals surface area contributed by atoms with Crippen LogP contribution in [0.5, 0.6) is 5.75 Å². The van der Waals surface area contributed by atoms with Gasteiger partial charge in [-0.15, -0.1) is 0 Å². The molecule has 1 atom stereocenters. The minimum absolute atomic E-state index is 0.0652. The predicted molar refractivity (Wildman–Crippen MR) is 151 cm³/mol. The zero-order valence-corrected chi connectivity index (χ0v) is 21.8. The Morgan fingerprint density at radius 2 is 1.68 bits per heavy atom. The second kappa shape index (κ2) is 12.7. The molecule has 0 bridgehead atoms. The van der Waals surface area contributed by atoms with E-state index in [9.17, 15) is 0 Å². The molecule has 0 radical (unpaired) electrons. The van der Waals surface area contributed by atoms with Crippen LogP contribution in [-0.4, -0.2) is 24.6 Å². The summed E-state index contributed by atoms with van der Waals surface area (Å²) in [6.07, 6.45) is 5.05. The van der Waals surface area contributed by atoms with E-state index in [-0.39, 0.29) is 6.10 Å². The predicted octanol–water partition coefficient (Wildman–Crippen LogP) is 7.14. The normalized spacial score (nSPS) is 11.9. The van der Waals surface area contributed by atoms with E-state index < -0.39 is 0 Å². The number of benzene rings is 3. The molecule has 4 rings (SSSR count). The van der Waals surface area contributed by atoms with Gasteiger partial charge in [0.2, 0.25) is 0 Å². The van der Waals surface area contributed by atoms with E-state index in [4.69, 9.17) is 4.74 Å². The van der Waals surface area contributed by atoms with Gasteiger partial charge in [-0.05, 0) is 104 Å². The molecule has 0 fully saturated rings. The van der Waals surface area contributed by atoms with E-state index in [2.05, 4.69) is 124 Å². The number of halogens is 1. The van der Waals surface area contributed by atoms with Crippen molar-refractivity contribution in [1.29, 1.82) is 0 Å². The highest BCUT2D eigenvalue weighted by atomic mass is 127. The molecule has 3 aromatic carbocycles. The maximum absolute atomic E-state index is 6.35. The van der Waals surface area contributed by atoms with Crippen LogP contribution in [0, 0.1) is 10.5 Å². The minimum atomic E-state index is 0.0652. The van der Waals surface area contributed by atoms with Crippen molar-refractivity contribution in [1.82, 2.24) is 10.3 Å². The van der Waals surface area contributed by atoms with Crippen molar-refractivity contribution < 1.29 is 4.74 Å². The molecule has 0 spiro atoms. The van der Waals surface area contributed by atoms with Gasteiger partial charge in [0.1, 0.15) is 11.9 Å². The summed E-state index contributed by atoms with van der Waals surface area (Å²) in [5, 5.41) is 8.33. The van der Waals surface area contributed by atoms with Crippen LogP contribution in [0.3, 0.4) is 0 Å². The summed E-state index contributed by atoms with van der Waals surface area (Å²) in [7, 11) is 0. The summed E-state index contributed by atoms with van der Waals surface area (Å²) in [6.45, 7) is 5.00. The summed E-state index contributed by atoms with van der Waals surface area (Å²) in [5.41, 5.74) is 4.66. The van der Waals surface area contributed by atoms with E-state index in [0.717, 1.165) is 55.9 Å². The number of hydrogen-bond donors (Lipinski definition) is 2. The highest BCUT2D eigenvalue weighted by Gasteiger charge is 2.13. The smallest absolute Gasteiger partial charge is 0.124 e. The summed E-state index contributed by atoms with van der Waals surface area (Å²) >= 11 is 2.33. The first-order chi connectivity index (χ1) is 16.7. The Hall–Kier alpha value is -2.64. The largest absolute Gasteiger partial charge is 0.486 e. The molecule has 4 aromatic rings. The molecule has 176 valence electrons. The Labute approximate surface area is 216 Å². The van der Waals surface area contributed by atoms with Gasteiger partial charge in [-0.3, -0.25) is 4.98 Å². The van der Waals surface area contributed by atoms with Crippen LogP contribution < -0.4 is 15.4 Å². The molecule has 0 aliphatic carbocycles. The Morgan fingerprint density at radius 1 is 0.882 bits per heavy atom. The maximum atomic E-state index is 6.35. The number of ether oxygens (including phenoxy) is 1. The number of nitrogens with one attached hydrogen (secondary N) is 2. The van der Waals surface area contributed by atoms with Gasteiger partial charge in [0.25, 0.3) is 0 Å². The molecule has 1 aromatic heterocycles. The highest BCUT2D eigenvalue weighted by molar-refractivity contribution is 14.1. The van der Waals surface area contributed by atoms with Gasteiger partial charge in [-0.2, -0.15) is 0 Å². The van der Waals surface area contributed by atoms with Gasteiger partial charge in [-0.1, -0.05) is 48.0 Å². The quantitative estimate of drug-likeness (QED) is 0.142. The third-order valence-electron chi connectivity index (χ3n) is 5.84. The topological polar surface area (TPSA) is 46.2 Å². The first kappa shape index (κ1) is 24.5. The third-order valence-corrected chi connectivity index (χ3v) is 6.51. The Bertz CT molecular complexity index is 1170. The number of rotatable bonds is 12. The number of nitrogens with zero attached hydrogens (tertiary/aromatic N) is 1. The number of aromatic nitrogens is 1. The molecular formula is C29H32IN3O. The van der Waals surface area contributed by atoms with Crippen molar-refractivity contribution in [2.24, 2.45) is 0 Å². The molecule has 34 heavy (non-hydrogen) atoms. The molecule has 0 aliphatic heterocycles. The van der Waals surface area contributed by atoms with Crippen LogP contribution in [0.15, 0.2) is 85.1 Å². The SMILES string of the molecule is Cc1ccc(OC(CCCNCCCNc2ccnc3cc(I)ccc23)c2ccccc2)cc1. The monoisotopic (exact) mass is 565 g/mol. The first-order valence-corrected chi connectivity index (χ1v) is 13.0. The fourth-order valence-electron chi connectivity index (χ4n) is 3.99. The van der Waals surface area contributed by atoms with Gasteiger partial charge < -0.3 is 15.4 Å².